The van der Waals surface area contributed by atoms with Crippen LogP contribution in [0, 0.1) is 13.8 Å². The fourth-order valence-corrected chi connectivity index (χ4v) is 4.48. The molecular formula is C24H24N2O5S. The van der Waals surface area contributed by atoms with Crippen LogP contribution in [0.15, 0.2) is 41.3 Å². The quantitative estimate of drug-likeness (QED) is 0.643. The standard InChI is InChI=1S/C24H24N2O5S/c1-15-3-5-18(16(2)11-15)6-8-22(27)25-9-10-26-23(28)21(32-24(26)29)13-17-4-7-19-20(12-17)31-14-30-19/h3-5,7,11-13H,6,8-10,14H2,1-2H3,(H,25,27)/b21-13+. The molecule has 0 unspecified atom stereocenters. The van der Waals surface area contributed by atoms with Gasteiger partial charge in [0.15, 0.2) is 11.5 Å². The van der Waals surface area contributed by atoms with Crippen LogP contribution in [-0.2, 0) is 16.0 Å². The summed E-state index contributed by atoms with van der Waals surface area (Å²) in [6.07, 6.45) is 2.67. The van der Waals surface area contributed by atoms with Crippen LogP contribution in [0.3, 0.4) is 0 Å². The Morgan fingerprint density at radius 3 is 2.75 bits per heavy atom. The van der Waals surface area contributed by atoms with Gasteiger partial charge in [0, 0.05) is 19.5 Å². The zero-order valence-electron chi connectivity index (χ0n) is 18.0. The van der Waals surface area contributed by atoms with E-state index in [1.807, 2.05) is 26.0 Å². The number of ether oxygens (including phenoxy) is 2. The molecule has 166 valence electrons. The van der Waals surface area contributed by atoms with Crippen molar-refractivity contribution in [2.75, 3.05) is 19.9 Å². The molecule has 7 nitrogen and oxygen atoms in total. The molecule has 2 aromatic carbocycles. The van der Waals surface area contributed by atoms with Crippen LogP contribution in [0.2, 0.25) is 0 Å². The number of nitrogens with one attached hydrogen (secondary N) is 1. The van der Waals surface area contributed by atoms with Crippen molar-refractivity contribution >= 4 is 34.9 Å². The Labute approximate surface area is 190 Å². The summed E-state index contributed by atoms with van der Waals surface area (Å²) in [4.78, 5) is 38.6. The second kappa shape index (κ2) is 9.48. The maximum Gasteiger partial charge on any atom is 0.293 e. The number of rotatable bonds is 7. The van der Waals surface area contributed by atoms with Crippen LogP contribution in [0.25, 0.3) is 6.08 Å². The predicted octanol–water partition coefficient (Wildman–Crippen LogP) is 3.82. The van der Waals surface area contributed by atoms with Crippen LogP contribution in [0.5, 0.6) is 11.5 Å². The molecule has 2 aromatic rings. The molecule has 1 saturated heterocycles. The minimum absolute atomic E-state index is 0.104. The lowest BCUT2D eigenvalue weighted by Gasteiger charge is -2.13. The Morgan fingerprint density at radius 1 is 1.12 bits per heavy atom. The van der Waals surface area contributed by atoms with Gasteiger partial charge in [-0.05, 0) is 66.9 Å². The van der Waals surface area contributed by atoms with Gasteiger partial charge in [-0.15, -0.1) is 0 Å². The second-order valence-electron chi connectivity index (χ2n) is 7.73. The lowest BCUT2D eigenvalue weighted by Crippen LogP contribution is -2.37. The van der Waals surface area contributed by atoms with Crippen LogP contribution in [0.4, 0.5) is 4.79 Å². The van der Waals surface area contributed by atoms with Crippen molar-refractivity contribution in [1.82, 2.24) is 10.2 Å². The van der Waals surface area contributed by atoms with Gasteiger partial charge in [0.1, 0.15) is 0 Å². The molecule has 8 heteroatoms. The number of carbonyl (C=O) groups is 3. The van der Waals surface area contributed by atoms with Crippen LogP contribution >= 0.6 is 11.8 Å². The fourth-order valence-electron chi connectivity index (χ4n) is 3.62. The van der Waals surface area contributed by atoms with E-state index in [1.54, 1.807) is 24.3 Å². The lowest BCUT2D eigenvalue weighted by molar-refractivity contribution is -0.124. The van der Waals surface area contributed by atoms with E-state index >= 15 is 0 Å². The Bertz CT molecular complexity index is 1110. The first-order valence-corrected chi connectivity index (χ1v) is 11.2. The number of imide groups is 1. The number of thioether (sulfide) groups is 1. The molecule has 32 heavy (non-hydrogen) atoms. The van der Waals surface area contributed by atoms with Crippen molar-refractivity contribution in [2.24, 2.45) is 0 Å². The summed E-state index contributed by atoms with van der Waals surface area (Å²) in [5, 5.41) is 2.46. The van der Waals surface area contributed by atoms with Gasteiger partial charge in [0.2, 0.25) is 12.7 Å². The number of carbonyl (C=O) groups excluding carboxylic acids is 3. The largest absolute Gasteiger partial charge is 0.454 e. The number of hydrogen-bond donors (Lipinski definition) is 1. The number of nitrogens with zero attached hydrogens (tertiary/aromatic N) is 1. The third-order valence-electron chi connectivity index (χ3n) is 5.35. The number of fused-ring (bicyclic) bond motifs is 1. The first-order valence-electron chi connectivity index (χ1n) is 10.4. The third-order valence-corrected chi connectivity index (χ3v) is 6.25. The Balaban J connectivity index is 1.27. The van der Waals surface area contributed by atoms with E-state index in [-0.39, 0.29) is 36.9 Å². The van der Waals surface area contributed by atoms with Gasteiger partial charge in [0.25, 0.3) is 11.1 Å². The highest BCUT2D eigenvalue weighted by atomic mass is 32.2. The second-order valence-corrected chi connectivity index (χ2v) is 8.72. The minimum atomic E-state index is -0.359. The molecule has 0 bridgehead atoms. The van der Waals surface area contributed by atoms with Gasteiger partial charge in [0.05, 0.1) is 4.91 Å². The topological polar surface area (TPSA) is 84.9 Å². The van der Waals surface area contributed by atoms with Gasteiger partial charge >= 0.3 is 0 Å². The smallest absolute Gasteiger partial charge is 0.293 e. The van der Waals surface area contributed by atoms with Crippen molar-refractivity contribution < 1.29 is 23.9 Å². The van der Waals surface area contributed by atoms with Gasteiger partial charge < -0.3 is 14.8 Å². The highest BCUT2D eigenvalue weighted by Crippen LogP contribution is 2.36. The summed E-state index contributed by atoms with van der Waals surface area (Å²) >= 11 is 0.893. The summed E-state index contributed by atoms with van der Waals surface area (Å²) < 4.78 is 10.6. The van der Waals surface area contributed by atoms with E-state index < -0.39 is 0 Å². The number of aryl methyl sites for hydroxylation is 3. The summed E-state index contributed by atoms with van der Waals surface area (Å²) in [6, 6.07) is 11.5. The highest BCUT2D eigenvalue weighted by molar-refractivity contribution is 8.18. The van der Waals surface area contributed by atoms with E-state index in [9.17, 15) is 14.4 Å². The predicted molar refractivity (Wildman–Crippen MR) is 122 cm³/mol. The maximum absolute atomic E-state index is 12.7. The summed E-state index contributed by atoms with van der Waals surface area (Å²) in [7, 11) is 0. The van der Waals surface area contributed by atoms with Crippen molar-refractivity contribution in [3.63, 3.8) is 0 Å². The fraction of sp³-hybridized carbons (Fsp3) is 0.292. The molecule has 1 N–H and O–H groups in total. The molecular weight excluding hydrogens is 428 g/mol. The Hall–Kier alpha value is -3.26. The monoisotopic (exact) mass is 452 g/mol. The number of amides is 3. The molecule has 3 amide bonds. The summed E-state index contributed by atoms with van der Waals surface area (Å²) in [6.45, 7) is 4.61. The SMILES string of the molecule is Cc1ccc(CCC(=O)NCCN2C(=O)S/C(=C/c3ccc4c(c3)OCO4)C2=O)c(C)c1. The Kier molecular flexibility index (Phi) is 6.50. The molecule has 0 spiro atoms. The normalized spacial score (nSPS) is 16.2. The van der Waals surface area contributed by atoms with Crippen molar-refractivity contribution in [2.45, 2.75) is 26.7 Å². The van der Waals surface area contributed by atoms with E-state index in [2.05, 4.69) is 11.4 Å². The van der Waals surface area contributed by atoms with Crippen molar-refractivity contribution in [3.8, 4) is 11.5 Å². The van der Waals surface area contributed by atoms with Gasteiger partial charge in [-0.3, -0.25) is 19.3 Å². The van der Waals surface area contributed by atoms with Crippen LogP contribution in [-0.4, -0.2) is 41.8 Å². The molecule has 0 aliphatic carbocycles. The van der Waals surface area contributed by atoms with Gasteiger partial charge in [-0.25, -0.2) is 0 Å². The van der Waals surface area contributed by atoms with E-state index in [0.29, 0.717) is 29.2 Å². The van der Waals surface area contributed by atoms with Crippen molar-refractivity contribution in [1.29, 1.82) is 0 Å². The molecule has 2 heterocycles. The molecule has 0 aromatic heterocycles. The van der Waals surface area contributed by atoms with Gasteiger partial charge in [-0.1, -0.05) is 29.8 Å². The maximum atomic E-state index is 12.7. The van der Waals surface area contributed by atoms with E-state index in [1.165, 1.54) is 11.1 Å². The lowest BCUT2D eigenvalue weighted by atomic mass is 10.0. The van der Waals surface area contributed by atoms with E-state index in [0.717, 1.165) is 27.8 Å². The molecule has 1 fully saturated rings. The van der Waals surface area contributed by atoms with Crippen LogP contribution in [0.1, 0.15) is 28.7 Å². The van der Waals surface area contributed by atoms with E-state index in [4.69, 9.17) is 9.47 Å². The zero-order chi connectivity index (χ0) is 22.7. The molecule has 0 atom stereocenters. The minimum Gasteiger partial charge on any atom is -0.454 e. The van der Waals surface area contributed by atoms with Crippen molar-refractivity contribution in [3.05, 3.63) is 63.6 Å². The first-order chi connectivity index (χ1) is 15.4. The average molecular weight is 453 g/mol. The van der Waals surface area contributed by atoms with Gasteiger partial charge in [-0.2, -0.15) is 0 Å². The number of benzene rings is 2. The Morgan fingerprint density at radius 2 is 1.94 bits per heavy atom. The summed E-state index contributed by atoms with van der Waals surface area (Å²) in [5.41, 5.74) is 4.26. The number of hydrogen-bond acceptors (Lipinski definition) is 6. The summed E-state index contributed by atoms with van der Waals surface area (Å²) in [5.74, 6) is 0.806. The van der Waals surface area contributed by atoms with Crippen LogP contribution < -0.4 is 14.8 Å². The first kappa shape index (κ1) is 22.0. The molecule has 4 rings (SSSR count). The highest BCUT2D eigenvalue weighted by Gasteiger charge is 2.34. The third kappa shape index (κ3) is 4.96. The zero-order valence-corrected chi connectivity index (χ0v) is 18.8. The average Bonchev–Trinajstić information content (AvgIpc) is 3.32. The molecule has 0 radical (unpaired) electrons. The molecule has 2 aliphatic rings. The molecule has 0 saturated carbocycles. The molecule has 2 aliphatic heterocycles.